The van der Waals surface area contributed by atoms with Gasteiger partial charge in [0.25, 0.3) is 0 Å². The Labute approximate surface area is 169 Å². The number of methoxy groups -OCH3 is 1. The number of ether oxygens (including phenoxy) is 1. The number of rotatable bonds is 7. The number of hydrogen-bond acceptors (Lipinski definition) is 4. The lowest BCUT2D eigenvalue weighted by Crippen LogP contribution is -2.47. The van der Waals surface area contributed by atoms with Crippen LogP contribution in [0.15, 0.2) is 42.5 Å². The Bertz CT molecular complexity index is 935. The fraction of sp³-hybridized carbons (Fsp3) is 0.278. The molecule has 0 aliphatic rings. The van der Waals surface area contributed by atoms with E-state index in [1.165, 1.54) is 25.1 Å². The number of carbonyl (C=O) groups is 1. The van der Waals surface area contributed by atoms with Crippen LogP contribution in [0.5, 0.6) is 5.75 Å². The van der Waals surface area contributed by atoms with Crippen LogP contribution < -0.4 is 14.4 Å². The number of anilines is 1. The van der Waals surface area contributed by atoms with E-state index in [-0.39, 0.29) is 17.3 Å². The van der Waals surface area contributed by atoms with Gasteiger partial charge >= 0.3 is 0 Å². The number of carbonyl (C=O) groups excluding carboxylic acids is 1. The van der Waals surface area contributed by atoms with Crippen molar-refractivity contribution >= 4 is 44.8 Å². The molecular formula is C18H20Cl2N2O4S. The zero-order valence-corrected chi connectivity index (χ0v) is 17.4. The van der Waals surface area contributed by atoms with E-state index in [4.69, 9.17) is 27.9 Å². The Hall–Kier alpha value is -1.96. The van der Waals surface area contributed by atoms with Crippen molar-refractivity contribution in [2.75, 3.05) is 17.7 Å². The summed E-state index contributed by atoms with van der Waals surface area (Å²) >= 11 is 11.9. The van der Waals surface area contributed by atoms with Gasteiger partial charge in [-0.15, -0.1) is 0 Å². The molecule has 1 atom stereocenters. The molecule has 0 bridgehead atoms. The van der Waals surface area contributed by atoms with Crippen LogP contribution >= 0.6 is 23.2 Å². The van der Waals surface area contributed by atoms with Crippen LogP contribution in [0, 0.1) is 0 Å². The molecule has 0 unspecified atom stereocenters. The molecule has 0 aliphatic heterocycles. The summed E-state index contributed by atoms with van der Waals surface area (Å²) in [6.07, 6.45) is 1.03. The second-order valence-electron chi connectivity index (χ2n) is 5.86. The van der Waals surface area contributed by atoms with E-state index in [9.17, 15) is 13.2 Å². The van der Waals surface area contributed by atoms with Gasteiger partial charge in [0.05, 0.1) is 29.1 Å². The van der Waals surface area contributed by atoms with Crippen molar-refractivity contribution in [1.29, 1.82) is 0 Å². The van der Waals surface area contributed by atoms with Gasteiger partial charge in [-0.2, -0.15) is 0 Å². The lowest BCUT2D eigenvalue weighted by Gasteiger charge is -2.28. The SMILES string of the molecule is COc1ccccc1CNC(=O)[C@H](C)N(c1ccc(Cl)c(Cl)c1)S(C)(=O)=O. The molecule has 1 amide bonds. The maximum absolute atomic E-state index is 12.6. The fourth-order valence-electron chi connectivity index (χ4n) is 2.61. The van der Waals surface area contributed by atoms with Gasteiger partial charge in [0.1, 0.15) is 11.8 Å². The summed E-state index contributed by atoms with van der Waals surface area (Å²) in [5.74, 6) is 0.173. The summed E-state index contributed by atoms with van der Waals surface area (Å²) in [6.45, 7) is 1.70. The van der Waals surface area contributed by atoms with Gasteiger partial charge in [-0.1, -0.05) is 41.4 Å². The summed E-state index contributed by atoms with van der Waals surface area (Å²) in [6, 6.07) is 10.6. The summed E-state index contributed by atoms with van der Waals surface area (Å²) in [5, 5.41) is 3.23. The minimum atomic E-state index is -3.74. The van der Waals surface area contributed by atoms with Gasteiger partial charge in [0.15, 0.2) is 0 Å². The largest absolute Gasteiger partial charge is 0.496 e. The molecule has 0 saturated carbocycles. The molecule has 6 nitrogen and oxygen atoms in total. The van der Waals surface area contributed by atoms with Gasteiger partial charge in [0.2, 0.25) is 15.9 Å². The number of sulfonamides is 1. The Morgan fingerprint density at radius 3 is 2.44 bits per heavy atom. The van der Waals surface area contributed by atoms with Gasteiger partial charge in [-0.3, -0.25) is 9.10 Å². The van der Waals surface area contributed by atoms with E-state index >= 15 is 0 Å². The predicted octanol–water partition coefficient (Wildman–Crippen LogP) is 3.47. The minimum Gasteiger partial charge on any atom is -0.496 e. The number of halogens is 2. The van der Waals surface area contributed by atoms with Crippen molar-refractivity contribution in [1.82, 2.24) is 5.32 Å². The third kappa shape index (κ3) is 5.28. The van der Waals surface area contributed by atoms with Crippen LogP contribution in [0.4, 0.5) is 5.69 Å². The molecular weight excluding hydrogens is 411 g/mol. The maximum atomic E-state index is 12.6. The van der Waals surface area contributed by atoms with Crippen LogP contribution in [0.1, 0.15) is 12.5 Å². The summed E-state index contributed by atoms with van der Waals surface area (Å²) < 4.78 is 30.9. The first kappa shape index (κ1) is 21.3. The smallest absolute Gasteiger partial charge is 0.243 e. The predicted molar refractivity (Wildman–Crippen MR) is 108 cm³/mol. The van der Waals surface area contributed by atoms with Crippen LogP contribution in [0.3, 0.4) is 0 Å². The monoisotopic (exact) mass is 430 g/mol. The summed E-state index contributed by atoms with van der Waals surface area (Å²) in [5.41, 5.74) is 1.04. The molecule has 2 aromatic carbocycles. The third-order valence-corrected chi connectivity index (χ3v) is 5.87. The molecule has 9 heteroatoms. The first-order chi connectivity index (χ1) is 12.6. The normalized spacial score (nSPS) is 12.3. The zero-order valence-electron chi connectivity index (χ0n) is 15.1. The second kappa shape index (κ2) is 8.82. The van der Waals surface area contributed by atoms with Crippen LogP contribution in [0.2, 0.25) is 10.0 Å². The number of nitrogens with zero attached hydrogens (tertiary/aromatic N) is 1. The van der Waals surface area contributed by atoms with Crippen LogP contribution in [-0.2, 0) is 21.4 Å². The second-order valence-corrected chi connectivity index (χ2v) is 8.54. The van der Waals surface area contributed by atoms with E-state index in [0.29, 0.717) is 10.8 Å². The van der Waals surface area contributed by atoms with Crippen LogP contribution in [-0.4, -0.2) is 33.7 Å². The maximum Gasteiger partial charge on any atom is 0.243 e. The molecule has 0 saturated heterocycles. The van der Waals surface area contributed by atoms with Gasteiger partial charge in [-0.25, -0.2) is 8.42 Å². The minimum absolute atomic E-state index is 0.199. The molecule has 0 spiro atoms. The van der Waals surface area contributed by atoms with Crippen molar-refractivity contribution in [3.8, 4) is 5.75 Å². The molecule has 0 aliphatic carbocycles. The first-order valence-electron chi connectivity index (χ1n) is 7.99. The molecule has 0 aromatic heterocycles. The number of amides is 1. The van der Waals surface area contributed by atoms with Gasteiger partial charge in [0, 0.05) is 12.1 Å². The molecule has 146 valence electrons. The van der Waals surface area contributed by atoms with E-state index in [1.54, 1.807) is 13.2 Å². The average molecular weight is 431 g/mol. The highest BCUT2D eigenvalue weighted by molar-refractivity contribution is 7.92. The molecule has 0 heterocycles. The Balaban J connectivity index is 2.23. The number of para-hydroxylation sites is 1. The van der Waals surface area contributed by atoms with Gasteiger partial charge in [-0.05, 0) is 31.2 Å². The standard InChI is InChI=1S/C18H20Cl2N2O4S/c1-12(18(23)21-11-13-6-4-5-7-17(13)26-2)22(27(3,24)25)14-8-9-15(19)16(20)10-14/h4-10,12H,11H2,1-3H3,(H,21,23)/t12-/m0/s1. The number of benzene rings is 2. The van der Waals surface area contributed by atoms with Crippen molar-refractivity contribution in [2.24, 2.45) is 0 Å². The quantitative estimate of drug-likeness (QED) is 0.729. The Morgan fingerprint density at radius 2 is 1.85 bits per heavy atom. The van der Waals surface area contributed by atoms with Crippen LogP contribution in [0.25, 0.3) is 0 Å². The van der Waals surface area contributed by atoms with E-state index < -0.39 is 22.0 Å². The first-order valence-corrected chi connectivity index (χ1v) is 10.6. The van der Waals surface area contributed by atoms with Crippen molar-refractivity contribution in [3.63, 3.8) is 0 Å². The Kier molecular flexibility index (Phi) is 6.97. The lowest BCUT2D eigenvalue weighted by molar-refractivity contribution is -0.122. The van der Waals surface area contributed by atoms with Crippen molar-refractivity contribution in [3.05, 3.63) is 58.1 Å². The molecule has 2 rings (SSSR count). The summed E-state index contributed by atoms with van der Waals surface area (Å²) in [7, 11) is -2.20. The zero-order chi connectivity index (χ0) is 20.2. The molecule has 2 aromatic rings. The topological polar surface area (TPSA) is 75.7 Å². The molecule has 1 N–H and O–H groups in total. The molecule has 0 fully saturated rings. The highest BCUT2D eigenvalue weighted by atomic mass is 35.5. The lowest BCUT2D eigenvalue weighted by atomic mass is 10.2. The van der Waals surface area contributed by atoms with E-state index in [1.807, 2.05) is 18.2 Å². The van der Waals surface area contributed by atoms with Gasteiger partial charge < -0.3 is 10.1 Å². The third-order valence-electron chi connectivity index (χ3n) is 3.89. The van der Waals surface area contributed by atoms with Crippen molar-refractivity contribution in [2.45, 2.75) is 19.5 Å². The van der Waals surface area contributed by atoms with E-state index in [2.05, 4.69) is 5.32 Å². The number of nitrogens with one attached hydrogen (secondary N) is 1. The highest BCUT2D eigenvalue weighted by Crippen LogP contribution is 2.29. The molecule has 0 radical (unpaired) electrons. The van der Waals surface area contributed by atoms with Crippen molar-refractivity contribution < 1.29 is 17.9 Å². The Morgan fingerprint density at radius 1 is 1.19 bits per heavy atom. The number of hydrogen-bond donors (Lipinski definition) is 1. The summed E-state index contributed by atoms with van der Waals surface area (Å²) in [4.78, 5) is 12.6. The average Bonchev–Trinajstić information content (AvgIpc) is 2.61. The highest BCUT2D eigenvalue weighted by Gasteiger charge is 2.29. The van der Waals surface area contributed by atoms with E-state index in [0.717, 1.165) is 16.1 Å². The fourth-order valence-corrected chi connectivity index (χ4v) is 4.07. The molecule has 27 heavy (non-hydrogen) atoms.